The summed E-state index contributed by atoms with van der Waals surface area (Å²) in [6.07, 6.45) is -4.21. The van der Waals surface area contributed by atoms with E-state index in [1.807, 2.05) is 0 Å². The lowest BCUT2D eigenvalue weighted by Crippen LogP contribution is -2.29. The Morgan fingerprint density at radius 2 is 1.95 bits per heavy atom. The highest BCUT2D eigenvalue weighted by Gasteiger charge is 2.30. The molecule has 0 radical (unpaired) electrons. The highest BCUT2D eigenvalue weighted by atomic mass is 19.4. The Bertz CT molecular complexity index is 599. The molecule has 0 saturated carbocycles. The second-order valence-electron chi connectivity index (χ2n) is 5.11. The van der Waals surface area contributed by atoms with Gasteiger partial charge in [0, 0.05) is 6.42 Å². The summed E-state index contributed by atoms with van der Waals surface area (Å²) in [5.41, 5.74) is 4.78. The Morgan fingerprint density at radius 1 is 1.25 bits per heavy atom. The van der Waals surface area contributed by atoms with Gasteiger partial charge in [-0.1, -0.05) is 23.4 Å². The molecule has 2 N–H and O–H groups in total. The van der Waals surface area contributed by atoms with E-state index in [1.54, 1.807) is 19.9 Å². The fourth-order valence-corrected chi connectivity index (χ4v) is 1.63. The van der Waals surface area contributed by atoms with Gasteiger partial charge in [0.1, 0.15) is 0 Å². The first-order chi connectivity index (χ1) is 9.16. The van der Waals surface area contributed by atoms with Crippen LogP contribution < -0.4 is 5.73 Å². The predicted molar refractivity (Wildman–Crippen MR) is 65.8 cm³/mol. The van der Waals surface area contributed by atoms with Crippen molar-refractivity contribution in [1.82, 2.24) is 10.1 Å². The molecule has 1 heterocycles. The summed E-state index contributed by atoms with van der Waals surface area (Å²) in [5.74, 6) is 0.553. The van der Waals surface area contributed by atoms with Gasteiger partial charge in [-0.3, -0.25) is 0 Å². The van der Waals surface area contributed by atoms with Crippen molar-refractivity contribution in [3.8, 4) is 0 Å². The Kier molecular flexibility index (Phi) is 3.56. The minimum atomic E-state index is -4.36. The molecule has 0 saturated heterocycles. The van der Waals surface area contributed by atoms with E-state index in [9.17, 15) is 13.2 Å². The molecule has 0 aliphatic heterocycles. The van der Waals surface area contributed by atoms with E-state index in [0.29, 0.717) is 11.4 Å². The molecule has 1 aromatic carbocycles. The third-order valence-electron chi connectivity index (χ3n) is 2.64. The third kappa shape index (κ3) is 3.36. The predicted octanol–water partition coefficient (Wildman–Crippen LogP) is 2.87. The summed E-state index contributed by atoms with van der Waals surface area (Å²) in [7, 11) is 0. The van der Waals surface area contributed by atoms with Gasteiger partial charge in [0.15, 0.2) is 5.82 Å². The fraction of sp³-hybridized carbons (Fsp3) is 0.385. The van der Waals surface area contributed by atoms with Gasteiger partial charge >= 0.3 is 6.18 Å². The van der Waals surface area contributed by atoms with Crippen molar-refractivity contribution in [2.24, 2.45) is 5.73 Å². The van der Waals surface area contributed by atoms with Crippen LogP contribution in [0.1, 0.15) is 36.7 Å². The van der Waals surface area contributed by atoms with E-state index in [-0.39, 0.29) is 12.3 Å². The van der Waals surface area contributed by atoms with Gasteiger partial charge in [0.25, 0.3) is 0 Å². The average Bonchev–Trinajstić information content (AvgIpc) is 2.76. The molecule has 0 unspecified atom stereocenters. The molecule has 0 fully saturated rings. The topological polar surface area (TPSA) is 64.9 Å². The van der Waals surface area contributed by atoms with Crippen LogP contribution in [0.4, 0.5) is 13.2 Å². The monoisotopic (exact) mass is 285 g/mol. The number of benzene rings is 1. The molecule has 0 atom stereocenters. The fourth-order valence-electron chi connectivity index (χ4n) is 1.63. The van der Waals surface area contributed by atoms with Crippen LogP contribution in [0.3, 0.4) is 0 Å². The number of alkyl halides is 3. The van der Waals surface area contributed by atoms with E-state index in [4.69, 9.17) is 10.3 Å². The molecular formula is C13H14F3N3O. The maximum absolute atomic E-state index is 12.6. The number of nitrogens with zero attached hydrogens (tertiary/aromatic N) is 2. The van der Waals surface area contributed by atoms with Crippen molar-refractivity contribution in [3.05, 3.63) is 47.1 Å². The summed E-state index contributed by atoms with van der Waals surface area (Å²) in [6, 6.07) is 5.03. The van der Waals surface area contributed by atoms with Crippen LogP contribution in [0, 0.1) is 0 Å². The molecule has 0 bridgehead atoms. The number of halogens is 3. The van der Waals surface area contributed by atoms with E-state index < -0.39 is 17.3 Å². The molecule has 1 aromatic heterocycles. The van der Waals surface area contributed by atoms with Crippen LogP contribution in [-0.2, 0) is 18.1 Å². The largest absolute Gasteiger partial charge is 0.416 e. The van der Waals surface area contributed by atoms with E-state index in [0.717, 1.165) is 12.1 Å². The summed E-state index contributed by atoms with van der Waals surface area (Å²) >= 11 is 0. The molecule has 0 aliphatic carbocycles. The normalized spacial score (nSPS) is 12.7. The van der Waals surface area contributed by atoms with Crippen molar-refractivity contribution in [2.45, 2.75) is 32.0 Å². The maximum atomic E-state index is 12.6. The summed E-state index contributed by atoms with van der Waals surface area (Å²) < 4.78 is 42.8. The Labute approximate surface area is 113 Å². The van der Waals surface area contributed by atoms with Crippen LogP contribution >= 0.6 is 0 Å². The minimum Gasteiger partial charge on any atom is -0.337 e. The lowest BCUT2D eigenvalue weighted by molar-refractivity contribution is -0.137. The molecule has 20 heavy (non-hydrogen) atoms. The van der Waals surface area contributed by atoms with Gasteiger partial charge in [-0.25, -0.2) is 0 Å². The molecule has 0 aliphatic rings. The maximum Gasteiger partial charge on any atom is 0.416 e. The zero-order valence-corrected chi connectivity index (χ0v) is 11.0. The standard InChI is InChI=1S/C13H14F3N3O/c1-12(2,17)11-18-10(19-20-11)7-8-4-3-5-9(6-8)13(14,15)16/h3-6H,7,17H2,1-2H3. The van der Waals surface area contributed by atoms with Crippen LogP contribution in [0.2, 0.25) is 0 Å². The summed E-state index contributed by atoms with van der Waals surface area (Å²) in [6.45, 7) is 3.41. The summed E-state index contributed by atoms with van der Waals surface area (Å²) in [5, 5.41) is 3.72. The highest BCUT2D eigenvalue weighted by Crippen LogP contribution is 2.29. The highest BCUT2D eigenvalue weighted by molar-refractivity contribution is 5.27. The Morgan fingerprint density at radius 3 is 2.50 bits per heavy atom. The molecular weight excluding hydrogens is 271 g/mol. The Balaban J connectivity index is 2.20. The zero-order valence-electron chi connectivity index (χ0n) is 11.0. The Hall–Kier alpha value is -1.89. The number of rotatable bonds is 3. The van der Waals surface area contributed by atoms with Gasteiger partial charge in [-0.15, -0.1) is 0 Å². The SMILES string of the molecule is CC(C)(N)c1nc(Cc2cccc(C(F)(F)F)c2)no1. The number of hydrogen-bond acceptors (Lipinski definition) is 4. The first-order valence-corrected chi connectivity index (χ1v) is 5.94. The van der Waals surface area contributed by atoms with Crippen LogP contribution in [0.25, 0.3) is 0 Å². The van der Waals surface area contributed by atoms with Gasteiger partial charge < -0.3 is 10.3 Å². The van der Waals surface area contributed by atoms with Gasteiger partial charge in [-0.2, -0.15) is 18.2 Å². The minimum absolute atomic E-state index is 0.156. The van der Waals surface area contributed by atoms with Crippen LogP contribution in [0.15, 0.2) is 28.8 Å². The quantitative estimate of drug-likeness (QED) is 0.941. The smallest absolute Gasteiger partial charge is 0.337 e. The first-order valence-electron chi connectivity index (χ1n) is 5.94. The van der Waals surface area contributed by atoms with Crippen molar-refractivity contribution in [2.75, 3.05) is 0 Å². The number of hydrogen-bond donors (Lipinski definition) is 1. The van der Waals surface area contributed by atoms with Crippen LogP contribution in [-0.4, -0.2) is 10.1 Å². The van der Waals surface area contributed by atoms with Crippen molar-refractivity contribution in [1.29, 1.82) is 0 Å². The third-order valence-corrected chi connectivity index (χ3v) is 2.64. The van der Waals surface area contributed by atoms with E-state index >= 15 is 0 Å². The lowest BCUT2D eigenvalue weighted by atomic mass is 10.1. The molecule has 2 aromatic rings. The summed E-state index contributed by atoms with van der Waals surface area (Å²) in [4.78, 5) is 4.08. The zero-order chi connectivity index (χ0) is 15.0. The molecule has 7 heteroatoms. The van der Waals surface area contributed by atoms with Crippen molar-refractivity contribution < 1.29 is 17.7 Å². The first kappa shape index (κ1) is 14.5. The molecule has 0 spiro atoms. The van der Waals surface area contributed by atoms with Gasteiger partial charge in [0.05, 0.1) is 11.1 Å². The second-order valence-corrected chi connectivity index (χ2v) is 5.11. The molecule has 4 nitrogen and oxygen atoms in total. The van der Waals surface area contributed by atoms with Gasteiger partial charge in [0.2, 0.25) is 5.89 Å². The van der Waals surface area contributed by atoms with E-state index in [1.165, 1.54) is 6.07 Å². The molecule has 0 amide bonds. The number of aromatic nitrogens is 2. The van der Waals surface area contributed by atoms with Crippen molar-refractivity contribution >= 4 is 0 Å². The van der Waals surface area contributed by atoms with Gasteiger partial charge in [-0.05, 0) is 25.5 Å². The van der Waals surface area contributed by atoms with E-state index in [2.05, 4.69) is 10.1 Å². The lowest BCUT2D eigenvalue weighted by Gasteiger charge is -2.10. The number of nitrogens with two attached hydrogens (primary N) is 1. The molecule has 108 valence electrons. The molecule has 2 rings (SSSR count). The second kappa shape index (κ2) is 4.90. The van der Waals surface area contributed by atoms with Crippen LogP contribution in [0.5, 0.6) is 0 Å². The average molecular weight is 285 g/mol. The van der Waals surface area contributed by atoms with Crippen molar-refractivity contribution in [3.63, 3.8) is 0 Å².